The topological polar surface area (TPSA) is 86.6 Å². The largest absolute Gasteiger partial charge is 0.501 e. The predicted octanol–water partition coefficient (Wildman–Crippen LogP) is 1.14. The van der Waals surface area contributed by atoms with Gasteiger partial charge in [0.15, 0.2) is 0 Å². The lowest BCUT2D eigenvalue weighted by atomic mass is 10.1. The number of hydrogen-bond donors (Lipinski definition) is 3. The number of halogens is 3. The van der Waals surface area contributed by atoms with Crippen molar-refractivity contribution < 1.29 is 31.8 Å². The first kappa shape index (κ1) is 16.7. The van der Waals surface area contributed by atoms with Crippen LogP contribution in [-0.4, -0.2) is 42.9 Å². The van der Waals surface area contributed by atoms with Crippen molar-refractivity contribution in [2.75, 3.05) is 18.5 Å². The first-order chi connectivity index (χ1) is 9.07. The molecule has 0 aliphatic rings. The Morgan fingerprint density at radius 3 is 2.10 bits per heavy atom. The van der Waals surface area contributed by atoms with Gasteiger partial charge in [0, 0.05) is 0 Å². The molecule has 0 fully saturated rings. The minimum atomic E-state index is -5.52. The fourth-order valence-corrected chi connectivity index (χ4v) is 2.30. The van der Waals surface area contributed by atoms with Gasteiger partial charge in [-0.2, -0.15) is 13.2 Å². The number of rotatable bonds is 5. The molecule has 1 rings (SSSR count). The van der Waals surface area contributed by atoms with Crippen molar-refractivity contribution in [2.45, 2.75) is 22.9 Å². The number of nitrogens with one attached hydrogen (secondary N) is 1. The van der Waals surface area contributed by atoms with Crippen LogP contribution < -0.4 is 5.32 Å². The van der Waals surface area contributed by atoms with Crippen molar-refractivity contribution in [2.24, 2.45) is 0 Å². The van der Waals surface area contributed by atoms with Gasteiger partial charge >= 0.3 is 5.51 Å². The Morgan fingerprint density at radius 1 is 1.15 bits per heavy atom. The summed E-state index contributed by atoms with van der Waals surface area (Å²) in [6, 6.07) is 4.43. The van der Waals surface area contributed by atoms with E-state index in [1.54, 1.807) is 0 Å². The second-order valence-electron chi connectivity index (χ2n) is 4.45. The second kappa shape index (κ2) is 5.58. The van der Waals surface area contributed by atoms with Crippen LogP contribution in [0.1, 0.15) is 6.92 Å². The number of alkyl halides is 3. The van der Waals surface area contributed by atoms with Gasteiger partial charge < -0.3 is 15.5 Å². The summed E-state index contributed by atoms with van der Waals surface area (Å²) in [5.74, 6) is 0. The first-order valence-electron chi connectivity index (χ1n) is 5.48. The molecule has 0 amide bonds. The molecule has 0 bridgehead atoms. The Balaban J connectivity index is 3.33. The quantitative estimate of drug-likeness (QED) is 0.759. The van der Waals surface area contributed by atoms with E-state index in [1.807, 2.05) is 0 Å². The molecular weight excluding hydrogens is 299 g/mol. The van der Waals surface area contributed by atoms with Gasteiger partial charge in [0.1, 0.15) is 0 Å². The van der Waals surface area contributed by atoms with Crippen LogP contribution >= 0.6 is 0 Å². The van der Waals surface area contributed by atoms with E-state index in [2.05, 4.69) is 5.32 Å². The molecule has 20 heavy (non-hydrogen) atoms. The summed E-state index contributed by atoms with van der Waals surface area (Å²) >= 11 is 0. The standard InChI is InChI=1S/C11H14F3NO4S/c1-10(6-16,7-17)15-8-4-2-3-5-9(8)20(18,19)11(12,13)14/h2-5,15-17H,6-7H2,1H3. The van der Waals surface area contributed by atoms with Gasteiger partial charge in [-0.3, -0.25) is 0 Å². The zero-order chi connectivity index (χ0) is 15.6. The van der Waals surface area contributed by atoms with E-state index in [9.17, 15) is 21.6 Å². The fraction of sp³-hybridized carbons (Fsp3) is 0.455. The average molecular weight is 313 g/mol. The van der Waals surface area contributed by atoms with Crippen molar-refractivity contribution in [1.82, 2.24) is 0 Å². The molecule has 0 unspecified atom stereocenters. The van der Waals surface area contributed by atoms with Crippen LogP contribution in [-0.2, 0) is 9.84 Å². The number of para-hydroxylation sites is 1. The lowest BCUT2D eigenvalue weighted by Gasteiger charge is -2.28. The molecule has 0 heterocycles. The zero-order valence-electron chi connectivity index (χ0n) is 10.5. The number of hydrogen-bond acceptors (Lipinski definition) is 5. The summed E-state index contributed by atoms with van der Waals surface area (Å²) < 4.78 is 60.6. The maximum Gasteiger partial charge on any atom is 0.501 e. The van der Waals surface area contributed by atoms with Gasteiger partial charge in [0.05, 0.1) is 29.3 Å². The van der Waals surface area contributed by atoms with E-state index in [0.717, 1.165) is 18.2 Å². The third kappa shape index (κ3) is 3.22. The SMILES string of the molecule is CC(CO)(CO)Nc1ccccc1S(=O)(=O)C(F)(F)F. The summed E-state index contributed by atoms with van der Waals surface area (Å²) in [5.41, 5.74) is -7.12. The highest BCUT2D eigenvalue weighted by Gasteiger charge is 2.48. The summed E-state index contributed by atoms with van der Waals surface area (Å²) in [6.07, 6.45) is 0. The number of sulfone groups is 1. The summed E-state index contributed by atoms with van der Waals surface area (Å²) in [6.45, 7) is 0.151. The van der Waals surface area contributed by atoms with Crippen molar-refractivity contribution in [3.63, 3.8) is 0 Å². The molecular formula is C11H14F3NO4S. The molecule has 0 spiro atoms. The monoisotopic (exact) mass is 313 g/mol. The molecule has 1 aromatic carbocycles. The van der Waals surface area contributed by atoms with Crippen LogP contribution in [0.15, 0.2) is 29.2 Å². The maximum atomic E-state index is 12.6. The smallest absolute Gasteiger partial charge is 0.394 e. The van der Waals surface area contributed by atoms with E-state index >= 15 is 0 Å². The van der Waals surface area contributed by atoms with Crippen LogP contribution in [0.3, 0.4) is 0 Å². The Labute approximate surface area is 114 Å². The van der Waals surface area contributed by atoms with Crippen LogP contribution in [0.25, 0.3) is 0 Å². The molecule has 9 heteroatoms. The van der Waals surface area contributed by atoms with Crippen LogP contribution in [0.2, 0.25) is 0 Å². The first-order valence-corrected chi connectivity index (χ1v) is 6.96. The summed E-state index contributed by atoms with van der Waals surface area (Å²) in [4.78, 5) is -0.958. The van der Waals surface area contributed by atoms with E-state index < -0.39 is 39.0 Å². The van der Waals surface area contributed by atoms with Gasteiger partial charge in [-0.1, -0.05) is 12.1 Å². The van der Waals surface area contributed by atoms with Crippen LogP contribution in [0.4, 0.5) is 18.9 Å². The lowest BCUT2D eigenvalue weighted by molar-refractivity contribution is -0.0435. The van der Waals surface area contributed by atoms with Crippen LogP contribution in [0, 0.1) is 0 Å². The zero-order valence-corrected chi connectivity index (χ0v) is 11.3. The van der Waals surface area contributed by atoms with E-state index in [0.29, 0.717) is 0 Å². The number of benzene rings is 1. The molecule has 0 saturated carbocycles. The Bertz CT molecular complexity index is 567. The van der Waals surface area contributed by atoms with Crippen molar-refractivity contribution in [3.05, 3.63) is 24.3 Å². The molecule has 0 aromatic heterocycles. The molecule has 114 valence electrons. The highest BCUT2D eigenvalue weighted by atomic mass is 32.2. The average Bonchev–Trinajstić information content (AvgIpc) is 2.37. The fourth-order valence-electron chi connectivity index (χ4n) is 1.38. The third-order valence-corrected chi connectivity index (χ3v) is 4.16. The van der Waals surface area contributed by atoms with E-state index in [4.69, 9.17) is 10.2 Å². The van der Waals surface area contributed by atoms with Crippen molar-refractivity contribution >= 4 is 15.5 Å². The van der Waals surface area contributed by atoms with Gasteiger partial charge in [0.2, 0.25) is 0 Å². The Kier molecular flexibility index (Phi) is 4.67. The Hall–Kier alpha value is -1.32. The van der Waals surface area contributed by atoms with Gasteiger partial charge in [0.25, 0.3) is 9.84 Å². The normalized spacial score (nSPS) is 13.3. The summed E-state index contributed by atoms with van der Waals surface area (Å²) in [7, 11) is -5.52. The van der Waals surface area contributed by atoms with Crippen molar-refractivity contribution in [1.29, 1.82) is 0 Å². The van der Waals surface area contributed by atoms with Gasteiger partial charge in [-0.05, 0) is 19.1 Å². The molecule has 0 aliphatic heterocycles. The summed E-state index contributed by atoms with van der Waals surface area (Å²) in [5, 5.41) is 20.6. The lowest BCUT2D eigenvalue weighted by Crippen LogP contribution is -2.43. The van der Waals surface area contributed by atoms with E-state index in [-0.39, 0.29) is 5.69 Å². The number of aliphatic hydroxyl groups is 2. The molecule has 0 aliphatic carbocycles. The molecule has 1 aromatic rings. The van der Waals surface area contributed by atoms with Gasteiger partial charge in [-0.25, -0.2) is 8.42 Å². The minimum Gasteiger partial charge on any atom is -0.394 e. The third-order valence-electron chi connectivity index (χ3n) is 2.62. The highest BCUT2D eigenvalue weighted by molar-refractivity contribution is 7.92. The maximum absolute atomic E-state index is 12.6. The highest BCUT2D eigenvalue weighted by Crippen LogP contribution is 2.35. The molecule has 0 radical (unpaired) electrons. The molecule has 0 atom stereocenters. The molecule has 5 nitrogen and oxygen atoms in total. The van der Waals surface area contributed by atoms with E-state index in [1.165, 1.54) is 13.0 Å². The Morgan fingerprint density at radius 2 is 1.65 bits per heavy atom. The molecule has 0 saturated heterocycles. The van der Waals surface area contributed by atoms with Crippen molar-refractivity contribution in [3.8, 4) is 0 Å². The predicted molar refractivity (Wildman–Crippen MR) is 65.9 cm³/mol. The second-order valence-corrected chi connectivity index (χ2v) is 6.36. The van der Waals surface area contributed by atoms with Gasteiger partial charge in [-0.15, -0.1) is 0 Å². The van der Waals surface area contributed by atoms with Crippen LogP contribution in [0.5, 0.6) is 0 Å². The number of aliphatic hydroxyl groups excluding tert-OH is 2. The molecule has 3 N–H and O–H groups in total. The number of anilines is 1. The minimum absolute atomic E-state index is 0.338.